The van der Waals surface area contributed by atoms with Crippen molar-refractivity contribution in [3.05, 3.63) is 0 Å². The van der Waals surface area contributed by atoms with E-state index in [0.717, 1.165) is 23.9 Å². The van der Waals surface area contributed by atoms with E-state index in [9.17, 15) is 0 Å². The molecule has 0 aliphatic carbocycles. The van der Waals surface area contributed by atoms with E-state index in [1.54, 1.807) is 0 Å². The maximum Gasteiger partial charge on any atom is 0.0833 e. The number of hydrogen-bond donors (Lipinski definition) is 0. The van der Waals surface area contributed by atoms with Crippen LogP contribution in [0.15, 0.2) is 0 Å². The van der Waals surface area contributed by atoms with Crippen LogP contribution in [0.5, 0.6) is 0 Å². The molecule has 3 heteroatoms. The van der Waals surface area contributed by atoms with Gasteiger partial charge in [0.05, 0.1) is 78.5 Å². The zero-order valence-corrected chi connectivity index (χ0v) is 33.7. The largest absolute Gasteiger partial charge is 0.326 e. The average Bonchev–Trinajstić information content (AvgIpc) is 2.96. The van der Waals surface area contributed by atoms with Crippen LogP contribution >= 0.6 is 0 Å². The maximum atomic E-state index is 2.36. The predicted octanol–water partition coefficient (Wildman–Crippen LogP) is 11.5. The molecule has 0 fully saturated rings. The van der Waals surface area contributed by atoms with Gasteiger partial charge in [0.2, 0.25) is 0 Å². The van der Waals surface area contributed by atoms with Gasteiger partial charge in [-0.2, -0.15) is 0 Å². The molecule has 0 rings (SSSR count). The smallest absolute Gasteiger partial charge is 0.0833 e. The Morgan fingerprint density at radius 1 is 0.405 bits per heavy atom. The monoisotopic (exact) mass is 603 g/mol. The van der Waals surface area contributed by atoms with Crippen LogP contribution in [0.3, 0.4) is 0 Å². The first kappa shape index (κ1) is 48.8. The summed E-state index contributed by atoms with van der Waals surface area (Å²) in [5.74, 6) is 1.76. The molecule has 1 atom stereocenters. The fraction of sp³-hybridized carbons (Fsp3) is 1.00. The Morgan fingerprint density at radius 2 is 0.833 bits per heavy atom. The summed E-state index contributed by atoms with van der Waals surface area (Å²) >= 11 is 0. The van der Waals surface area contributed by atoms with Crippen LogP contribution in [-0.4, -0.2) is 92.0 Å². The summed E-state index contributed by atoms with van der Waals surface area (Å²) in [6.07, 6.45) is 12.6. The minimum absolute atomic E-state index is 0.770. The first-order chi connectivity index (χ1) is 19.5. The quantitative estimate of drug-likeness (QED) is 0.0960. The van der Waals surface area contributed by atoms with E-state index in [4.69, 9.17) is 0 Å². The highest BCUT2D eigenvalue weighted by atomic mass is 15.4. The highest BCUT2D eigenvalue weighted by molar-refractivity contribution is 4.47. The van der Waals surface area contributed by atoms with Crippen molar-refractivity contribution in [2.45, 2.75) is 181 Å². The van der Waals surface area contributed by atoms with Gasteiger partial charge in [-0.15, -0.1) is 0 Å². The molecule has 0 radical (unpaired) electrons. The second-order valence-electron chi connectivity index (χ2n) is 15.0. The number of nitrogens with zero attached hydrogens (tertiary/aromatic N) is 3. The van der Waals surface area contributed by atoms with Gasteiger partial charge in [0.1, 0.15) is 0 Å². The van der Waals surface area contributed by atoms with Gasteiger partial charge in [-0.1, -0.05) is 86.5 Å². The maximum absolute atomic E-state index is 2.36. The van der Waals surface area contributed by atoms with Crippen molar-refractivity contribution in [2.75, 3.05) is 66.5 Å². The van der Waals surface area contributed by atoms with Gasteiger partial charge >= 0.3 is 0 Å². The van der Waals surface area contributed by atoms with Gasteiger partial charge < -0.3 is 13.4 Å². The molecule has 0 aliphatic rings. The van der Waals surface area contributed by atoms with E-state index >= 15 is 0 Å². The van der Waals surface area contributed by atoms with Gasteiger partial charge in [-0.3, -0.25) is 0 Å². The molecular formula is C39H92N3+3. The van der Waals surface area contributed by atoms with E-state index in [1.165, 1.54) is 124 Å². The summed E-state index contributed by atoms with van der Waals surface area (Å²) in [4.78, 5) is 0. The summed E-state index contributed by atoms with van der Waals surface area (Å²) in [6, 6.07) is 1.55. The van der Waals surface area contributed by atoms with Crippen molar-refractivity contribution in [1.82, 2.24) is 0 Å². The molecule has 0 aromatic heterocycles. The molecular weight excluding hydrogens is 510 g/mol. The molecule has 0 aromatic rings. The number of unbranched alkanes of at least 4 members (excludes halogenated alkanes) is 5. The van der Waals surface area contributed by atoms with E-state index < -0.39 is 0 Å². The van der Waals surface area contributed by atoms with E-state index in [-0.39, 0.29) is 0 Å². The van der Waals surface area contributed by atoms with Crippen LogP contribution in [-0.2, 0) is 0 Å². The highest BCUT2D eigenvalue weighted by Gasteiger charge is 2.24. The van der Waals surface area contributed by atoms with Crippen LogP contribution in [0.4, 0.5) is 0 Å². The Balaban J connectivity index is -0.000000229. The lowest BCUT2D eigenvalue weighted by Crippen LogP contribution is -2.52. The molecule has 42 heavy (non-hydrogen) atoms. The highest BCUT2D eigenvalue weighted by Crippen LogP contribution is 2.13. The van der Waals surface area contributed by atoms with Crippen LogP contribution in [0.2, 0.25) is 0 Å². The van der Waals surface area contributed by atoms with Crippen LogP contribution in [0, 0.1) is 11.8 Å². The van der Waals surface area contributed by atoms with Crippen molar-refractivity contribution >= 4 is 0 Å². The number of rotatable bonds is 20. The van der Waals surface area contributed by atoms with Crippen molar-refractivity contribution in [3.8, 4) is 0 Å². The van der Waals surface area contributed by atoms with Crippen molar-refractivity contribution < 1.29 is 13.4 Å². The first-order valence-corrected chi connectivity index (χ1v) is 19.0. The van der Waals surface area contributed by atoms with Gasteiger partial charge in [0, 0.05) is 0 Å². The van der Waals surface area contributed by atoms with E-state index in [1.807, 2.05) is 0 Å². The van der Waals surface area contributed by atoms with Crippen LogP contribution in [0.1, 0.15) is 169 Å². The van der Waals surface area contributed by atoms with Crippen molar-refractivity contribution in [1.29, 1.82) is 0 Å². The minimum atomic E-state index is 0.770. The lowest BCUT2D eigenvalue weighted by atomic mass is 10.0. The number of quaternary nitrogens is 3. The summed E-state index contributed by atoms with van der Waals surface area (Å²) in [5.41, 5.74) is 0. The second-order valence-corrected chi connectivity index (χ2v) is 15.0. The molecule has 0 aromatic carbocycles. The Labute approximate surface area is 272 Å². The predicted molar refractivity (Wildman–Crippen MR) is 198 cm³/mol. The first-order valence-electron chi connectivity index (χ1n) is 19.0. The third kappa shape index (κ3) is 26.3. The van der Waals surface area contributed by atoms with Crippen molar-refractivity contribution in [3.63, 3.8) is 0 Å². The summed E-state index contributed by atoms with van der Waals surface area (Å²) in [5, 5.41) is 0. The third-order valence-electron chi connectivity index (χ3n) is 10.6. The third-order valence-corrected chi connectivity index (χ3v) is 10.6. The molecule has 260 valence electrons. The molecule has 0 saturated carbocycles. The normalized spacial score (nSPS) is 13.3. The van der Waals surface area contributed by atoms with Gasteiger partial charge in [-0.05, 0) is 93.9 Å². The lowest BCUT2D eigenvalue weighted by Gasteiger charge is -2.39. The Morgan fingerprint density at radius 3 is 1.10 bits per heavy atom. The second kappa shape index (κ2) is 29.6. The summed E-state index contributed by atoms with van der Waals surface area (Å²) < 4.78 is 3.73. The van der Waals surface area contributed by atoms with Gasteiger partial charge in [0.15, 0.2) is 0 Å². The Bertz CT molecular complexity index is 509. The summed E-state index contributed by atoms with van der Waals surface area (Å²) in [7, 11) is 4.71. The fourth-order valence-electron chi connectivity index (χ4n) is 5.33. The molecule has 0 aliphatic heterocycles. The Hall–Kier alpha value is -0.120. The fourth-order valence-corrected chi connectivity index (χ4v) is 5.33. The topological polar surface area (TPSA) is 0 Å². The van der Waals surface area contributed by atoms with Crippen LogP contribution in [0.25, 0.3) is 0 Å². The summed E-state index contributed by atoms with van der Waals surface area (Å²) in [6.45, 7) is 47.0. The molecule has 3 nitrogen and oxygen atoms in total. The molecule has 0 saturated heterocycles. The minimum Gasteiger partial charge on any atom is -0.326 e. The van der Waals surface area contributed by atoms with Crippen molar-refractivity contribution in [2.24, 2.45) is 11.8 Å². The standard InChI is InChI=1S/2C10H24N.C10H22.C9H22N/c1-6-11(5,7-2)9-8-10(3)4;1-6-8-9-11(5,7-2)10(3)4;1-4-5-6-7-8-9-10(2)3;1-6-10(7-2,8-3)9(4)5/h2*10H,6-9H2,1-5H3;10H,4-9H2,1-3H3;9H,6-8H2,1-5H3/q2*+1;;+1. The van der Waals surface area contributed by atoms with Gasteiger partial charge in [-0.25, -0.2) is 0 Å². The average molecular weight is 603 g/mol. The van der Waals surface area contributed by atoms with Crippen LogP contribution < -0.4 is 0 Å². The molecule has 0 bridgehead atoms. The SMILES string of the molecule is CCCCCCCC(C)C.CCCC[N+](C)(CC)C(C)C.CC[N+](C)(CC)CCC(C)C.CC[N+](CC)(CC)C(C)C. The zero-order valence-electron chi connectivity index (χ0n) is 33.7. The molecule has 0 N–H and O–H groups in total. The molecule has 0 spiro atoms. The van der Waals surface area contributed by atoms with Gasteiger partial charge in [0.25, 0.3) is 0 Å². The van der Waals surface area contributed by atoms with E-state index in [2.05, 4.69) is 125 Å². The Kier molecular flexibility index (Phi) is 34.4. The van der Waals surface area contributed by atoms with E-state index in [0.29, 0.717) is 0 Å². The zero-order chi connectivity index (χ0) is 33.8. The molecule has 1 unspecified atom stereocenters. The lowest BCUT2D eigenvalue weighted by molar-refractivity contribution is -0.943. The molecule has 0 amide bonds. The number of hydrogen-bond acceptors (Lipinski definition) is 0. The molecule has 0 heterocycles.